The highest BCUT2D eigenvalue weighted by molar-refractivity contribution is 8.29. The topological polar surface area (TPSA) is 72.9 Å². The number of anilines is 1. The van der Waals surface area contributed by atoms with E-state index in [4.69, 9.17) is 21.7 Å². The zero-order valence-electron chi connectivity index (χ0n) is 21.4. The molecule has 0 spiro atoms. The molecule has 0 aromatic heterocycles. The first-order valence-electron chi connectivity index (χ1n) is 11.6. The number of carbonyl (C=O) groups is 3. The van der Waals surface area contributed by atoms with Crippen molar-refractivity contribution in [2.75, 3.05) is 18.1 Å². The number of rotatable bonds is 5. The van der Waals surface area contributed by atoms with E-state index in [1.165, 1.54) is 23.5 Å². The summed E-state index contributed by atoms with van der Waals surface area (Å²) in [4.78, 5) is 41.7. The lowest BCUT2D eigenvalue weighted by molar-refractivity contribution is -0.140. The Labute approximate surface area is 220 Å². The molecular formula is C26H31NO5S3. The van der Waals surface area contributed by atoms with Crippen LogP contribution < -0.4 is 4.90 Å². The first-order valence-corrected chi connectivity index (χ1v) is 13.6. The summed E-state index contributed by atoms with van der Waals surface area (Å²) in [5.41, 5.74) is 3.57. The molecular weight excluding hydrogens is 502 g/mol. The first kappa shape index (κ1) is 27.5. The minimum absolute atomic E-state index is 0.0149. The number of thioether (sulfide) groups is 2. The molecule has 0 N–H and O–H groups in total. The summed E-state index contributed by atoms with van der Waals surface area (Å²) >= 11 is 8.39. The number of benzene rings is 1. The summed E-state index contributed by atoms with van der Waals surface area (Å²) in [6.07, 6.45) is 0. The van der Waals surface area contributed by atoms with Crippen molar-refractivity contribution in [3.05, 3.63) is 42.9 Å². The maximum absolute atomic E-state index is 13.4. The molecule has 1 aromatic carbocycles. The Balaban J connectivity index is 2.28. The second-order valence-electron chi connectivity index (χ2n) is 9.16. The van der Waals surface area contributed by atoms with Gasteiger partial charge in [0.25, 0.3) is 0 Å². The Morgan fingerprint density at radius 2 is 1.51 bits per heavy atom. The predicted molar refractivity (Wildman–Crippen MR) is 147 cm³/mol. The fourth-order valence-electron chi connectivity index (χ4n) is 4.17. The third-order valence-electron chi connectivity index (χ3n) is 5.72. The number of ether oxygens (including phenoxy) is 2. The Morgan fingerprint density at radius 1 is 1.00 bits per heavy atom. The minimum Gasteiger partial charge on any atom is -0.462 e. The van der Waals surface area contributed by atoms with Crippen LogP contribution in [-0.4, -0.2) is 41.5 Å². The number of hydrogen-bond donors (Lipinski definition) is 0. The molecule has 0 bridgehead atoms. The Kier molecular flexibility index (Phi) is 8.23. The van der Waals surface area contributed by atoms with E-state index in [2.05, 4.69) is 0 Å². The molecule has 2 aliphatic rings. The van der Waals surface area contributed by atoms with Crippen LogP contribution in [0.4, 0.5) is 5.69 Å². The van der Waals surface area contributed by atoms with Crippen LogP contribution in [-0.2, 0) is 23.9 Å². The second kappa shape index (κ2) is 10.5. The van der Waals surface area contributed by atoms with E-state index in [9.17, 15) is 14.4 Å². The van der Waals surface area contributed by atoms with E-state index in [0.29, 0.717) is 9.10 Å². The van der Waals surface area contributed by atoms with Crippen molar-refractivity contribution in [2.45, 2.75) is 60.9 Å². The monoisotopic (exact) mass is 533 g/mol. The summed E-state index contributed by atoms with van der Waals surface area (Å²) in [6.45, 7) is 15.4. The van der Waals surface area contributed by atoms with Crippen molar-refractivity contribution < 1.29 is 23.9 Å². The average molecular weight is 534 g/mol. The Morgan fingerprint density at radius 3 is 1.97 bits per heavy atom. The number of nitrogens with zero attached hydrogens (tertiary/aromatic N) is 1. The van der Waals surface area contributed by atoms with Gasteiger partial charge in [-0.15, -0.1) is 0 Å². The summed E-state index contributed by atoms with van der Waals surface area (Å²) in [5.74, 6) is -1.37. The third-order valence-corrected chi connectivity index (χ3v) is 8.98. The lowest BCUT2D eigenvalue weighted by atomic mass is 9.81. The van der Waals surface area contributed by atoms with Crippen LogP contribution in [0.5, 0.6) is 0 Å². The highest BCUT2D eigenvalue weighted by atomic mass is 32.2. The molecule has 1 amide bonds. The van der Waals surface area contributed by atoms with Gasteiger partial charge in [-0.05, 0) is 53.2 Å². The van der Waals surface area contributed by atoms with E-state index in [0.717, 1.165) is 28.0 Å². The maximum Gasteiger partial charge on any atom is 0.346 e. The van der Waals surface area contributed by atoms with Gasteiger partial charge in [0.15, 0.2) is 0 Å². The highest BCUT2D eigenvalue weighted by Gasteiger charge is 2.47. The lowest BCUT2D eigenvalue weighted by Crippen LogP contribution is -2.57. The van der Waals surface area contributed by atoms with Crippen LogP contribution in [0.25, 0.3) is 5.57 Å². The van der Waals surface area contributed by atoms with Gasteiger partial charge in [-0.2, -0.15) is 0 Å². The number of fused-ring (bicyclic) bond motifs is 1. The molecule has 0 radical (unpaired) electrons. The molecule has 0 aliphatic carbocycles. The number of thiocarbonyl (C=S) groups is 1. The van der Waals surface area contributed by atoms with Crippen LogP contribution >= 0.6 is 35.7 Å². The molecule has 0 unspecified atom stereocenters. The smallest absolute Gasteiger partial charge is 0.346 e. The zero-order chi connectivity index (χ0) is 26.2. The van der Waals surface area contributed by atoms with Gasteiger partial charge in [0, 0.05) is 17.1 Å². The quantitative estimate of drug-likeness (QED) is 0.262. The number of esters is 2. The number of aryl methyl sites for hydroxylation is 2. The molecule has 0 fully saturated rings. The standard InChI is InChI=1S/C26H31NO5S3/c1-9-31-23(29)19-20(24(30)32-10-2)35-25(34-19)17-16-12-14(5)11-15(6)18(16)27(22(28)13(3)4)26(7,8)21(17)33/h11-13H,9-10H2,1-8H3. The van der Waals surface area contributed by atoms with Gasteiger partial charge in [0.05, 0.1) is 33.5 Å². The normalized spacial score (nSPS) is 17.2. The highest BCUT2D eigenvalue weighted by Crippen LogP contribution is 2.56. The Bertz CT molecular complexity index is 1150. The molecule has 0 saturated carbocycles. The van der Waals surface area contributed by atoms with Crippen molar-refractivity contribution in [1.29, 1.82) is 0 Å². The van der Waals surface area contributed by atoms with Crippen molar-refractivity contribution in [3.8, 4) is 0 Å². The van der Waals surface area contributed by atoms with Crippen molar-refractivity contribution in [1.82, 2.24) is 0 Å². The van der Waals surface area contributed by atoms with Crippen LogP contribution in [0.15, 0.2) is 26.2 Å². The number of carbonyl (C=O) groups excluding carboxylic acids is 3. The summed E-state index contributed by atoms with van der Waals surface area (Å²) in [7, 11) is 0. The minimum atomic E-state index is -0.802. The molecule has 3 rings (SSSR count). The van der Waals surface area contributed by atoms with Gasteiger partial charge < -0.3 is 14.4 Å². The largest absolute Gasteiger partial charge is 0.462 e. The van der Waals surface area contributed by atoms with E-state index in [-0.39, 0.29) is 34.8 Å². The fourth-order valence-corrected chi connectivity index (χ4v) is 7.15. The second-order valence-corrected chi connectivity index (χ2v) is 11.9. The predicted octanol–water partition coefficient (Wildman–Crippen LogP) is 5.94. The molecule has 35 heavy (non-hydrogen) atoms. The van der Waals surface area contributed by atoms with E-state index in [1.54, 1.807) is 13.8 Å². The lowest BCUT2D eigenvalue weighted by Gasteiger charge is -2.46. The molecule has 1 aromatic rings. The summed E-state index contributed by atoms with van der Waals surface area (Å²) < 4.78 is 11.2. The van der Waals surface area contributed by atoms with Crippen molar-refractivity contribution in [2.24, 2.45) is 5.92 Å². The van der Waals surface area contributed by atoms with Crippen LogP contribution in [0.3, 0.4) is 0 Å². The molecule has 0 atom stereocenters. The van der Waals surface area contributed by atoms with E-state index < -0.39 is 17.5 Å². The number of amides is 1. The third kappa shape index (κ3) is 4.95. The number of hydrogen-bond acceptors (Lipinski definition) is 8. The van der Waals surface area contributed by atoms with Gasteiger partial charge in [0.2, 0.25) is 5.91 Å². The van der Waals surface area contributed by atoms with E-state index in [1.807, 2.05) is 58.6 Å². The van der Waals surface area contributed by atoms with Crippen LogP contribution in [0.1, 0.15) is 58.2 Å². The van der Waals surface area contributed by atoms with Crippen LogP contribution in [0, 0.1) is 19.8 Å². The molecule has 0 saturated heterocycles. The summed E-state index contributed by atoms with van der Waals surface area (Å²) in [6, 6.07) is 4.06. The van der Waals surface area contributed by atoms with Gasteiger partial charge in [-0.25, -0.2) is 9.59 Å². The van der Waals surface area contributed by atoms with Crippen molar-refractivity contribution >= 4 is 69.7 Å². The fraction of sp³-hybridized carbons (Fsp3) is 0.462. The molecule has 9 heteroatoms. The molecule has 2 heterocycles. The van der Waals surface area contributed by atoms with Gasteiger partial charge in [-0.1, -0.05) is 61.2 Å². The van der Waals surface area contributed by atoms with E-state index >= 15 is 0 Å². The molecule has 2 aliphatic heterocycles. The molecule has 188 valence electrons. The van der Waals surface area contributed by atoms with Gasteiger partial charge in [0.1, 0.15) is 9.81 Å². The van der Waals surface area contributed by atoms with Gasteiger partial charge >= 0.3 is 11.9 Å². The average Bonchev–Trinajstić information content (AvgIpc) is 3.20. The zero-order valence-corrected chi connectivity index (χ0v) is 23.8. The first-order chi connectivity index (χ1) is 16.4. The van der Waals surface area contributed by atoms with Crippen molar-refractivity contribution in [3.63, 3.8) is 0 Å². The molecule has 6 nitrogen and oxygen atoms in total. The Hall–Kier alpha value is -2.10. The van der Waals surface area contributed by atoms with Gasteiger partial charge in [-0.3, -0.25) is 4.79 Å². The summed E-state index contributed by atoms with van der Waals surface area (Å²) in [5, 5.41) is 0. The van der Waals surface area contributed by atoms with Crippen LogP contribution in [0.2, 0.25) is 0 Å². The SMILES string of the molecule is CCOC(=O)C1=C(C(=O)OCC)SC(=C2C(=S)C(C)(C)N(C(=O)C(C)C)c3c(C)cc(C)cc32)S1. The maximum atomic E-state index is 13.4.